The first-order chi connectivity index (χ1) is 8.85. The molecule has 20 heavy (non-hydrogen) atoms. The van der Waals surface area contributed by atoms with Gasteiger partial charge in [0.15, 0.2) is 0 Å². The summed E-state index contributed by atoms with van der Waals surface area (Å²) in [6.07, 6.45) is -0.349. The minimum atomic E-state index is -4.69. The van der Waals surface area contributed by atoms with Crippen LogP contribution in [0.4, 0.5) is 13.2 Å². The van der Waals surface area contributed by atoms with E-state index in [1.807, 2.05) is 0 Å². The molecule has 1 aromatic rings. The van der Waals surface area contributed by atoms with Crippen molar-refractivity contribution in [2.24, 2.45) is 11.7 Å². The van der Waals surface area contributed by atoms with E-state index < -0.39 is 6.36 Å². The fourth-order valence-corrected chi connectivity index (χ4v) is 3.05. The molecule has 0 radical (unpaired) electrons. The number of benzene rings is 1. The minimum Gasteiger partial charge on any atom is -0.406 e. The molecule has 2 N–H and O–H groups in total. The van der Waals surface area contributed by atoms with Gasteiger partial charge in [0.05, 0.1) is 0 Å². The average Bonchev–Trinajstić information content (AvgIpc) is 2.77. The lowest BCUT2D eigenvalue weighted by atomic mass is 9.92. The molecule has 0 saturated heterocycles. The molecule has 0 heterocycles. The van der Waals surface area contributed by atoms with Crippen LogP contribution in [-0.4, -0.2) is 6.36 Å². The molecule has 0 spiro atoms. The Labute approximate surface area is 130 Å². The van der Waals surface area contributed by atoms with Crippen molar-refractivity contribution in [2.75, 3.05) is 0 Å². The van der Waals surface area contributed by atoms with E-state index in [1.165, 1.54) is 12.1 Å². The maximum Gasteiger partial charge on any atom is 0.573 e. The second-order valence-electron chi connectivity index (χ2n) is 4.84. The van der Waals surface area contributed by atoms with Gasteiger partial charge in [-0.25, -0.2) is 0 Å². The van der Waals surface area contributed by atoms with E-state index in [4.69, 9.17) is 5.73 Å². The highest BCUT2D eigenvalue weighted by molar-refractivity contribution is 9.10. The monoisotopic (exact) mass is 373 g/mol. The fraction of sp³-hybridized carbons (Fsp3) is 0.538. The number of rotatable bonds is 3. The Kier molecular flexibility index (Phi) is 6.16. The zero-order chi connectivity index (χ0) is 14.0. The summed E-state index contributed by atoms with van der Waals surface area (Å²) in [5.41, 5.74) is 6.83. The highest BCUT2D eigenvalue weighted by Gasteiger charge is 2.32. The smallest absolute Gasteiger partial charge is 0.406 e. The molecule has 0 aliphatic heterocycles. The zero-order valence-electron chi connectivity index (χ0n) is 10.6. The van der Waals surface area contributed by atoms with E-state index in [0.29, 0.717) is 16.0 Å². The summed E-state index contributed by atoms with van der Waals surface area (Å²) in [4.78, 5) is 0. The second-order valence-corrected chi connectivity index (χ2v) is 5.75. The molecule has 1 atom stereocenters. The Hall–Kier alpha value is -0.460. The van der Waals surface area contributed by atoms with Crippen molar-refractivity contribution < 1.29 is 17.9 Å². The van der Waals surface area contributed by atoms with Crippen LogP contribution in [-0.2, 0) is 0 Å². The van der Waals surface area contributed by atoms with Crippen LogP contribution < -0.4 is 10.5 Å². The maximum atomic E-state index is 12.2. The van der Waals surface area contributed by atoms with Gasteiger partial charge in [0.1, 0.15) is 5.75 Å². The Bertz CT molecular complexity index is 450. The first-order valence-electron chi connectivity index (χ1n) is 6.17. The molecule has 0 aromatic heterocycles. The van der Waals surface area contributed by atoms with Gasteiger partial charge >= 0.3 is 6.36 Å². The standard InChI is InChI=1S/C13H15BrF3NO.ClH/c14-10-5-9(12(18)8-3-1-2-4-8)6-11(7-10)19-13(15,16)17;/h5-8,12H,1-4,18H2;1H/t12-;/m1./s1. The average molecular weight is 375 g/mol. The van der Waals surface area contributed by atoms with Crippen LogP contribution in [0.1, 0.15) is 37.3 Å². The molecule has 1 saturated carbocycles. The maximum absolute atomic E-state index is 12.2. The molecule has 2 nitrogen and oxygen atoms in total. The third-order valence-corrected chi connectivity index (χ3v) is 3.88. The van der Waals surface area contributed by atoms with Gasteiger partial charge in [-0.05, 0) is 42.5 Å². The molecule has 0 bridgehead atoms. The molecule has 114 valence electrons. The summed E-state index contributed by atoms with van der Waals surface area (Å²) in [5, 5.41) is 0. The van der Waals surface area contributed by atoms with E-state index in [1.54, 1.807) is 6.07 Å². The summed E-state index contributed by atoms with van der Waals surface area (Å²) in [6.45, 7) is 0. The van der Waals surface area contributed by atoms with E-state index in [2.05, 4.69) is 20.7 Å². The van der Waals surface area contributed by atoms with Crippen molar-refractivity contribution in [3.05, 3.63) is 28.2 Å². The Balaban J connectivity index is 0.00000200. The lowest BCUT2D eigenvalue weighted by Gasteiger charge is -2.20. The molecule has 7 heteroatoms. The van der Waals surface area contributed by atoms with Crippen molar-refractivity contribution >= 4 is 28.3 Å². The molecule has 0 amide bonds. The summed E-state index contributed by atoms with van der Waals surface area (Å²) < 4.78 is 41.2. The Morgan fingerprint density at radius 1 is 1.20 bits per heavy atom. The normalized spacial score (nSPS) is 17.6. The van der Waals surface area contributed by atoms with Crippen molar-refractivity contribution in [3.8, 4) is 5.75 Å². The molecule has 1 aromatic carbocycles. The van der Waals surface area contributed by atoms with Crippen LogP contribution in [0.25, 0.3) is 0 Å². The number of hydrogen-bond acceptors (Lipinski definition) is 2. The lowest BCUT2D eigenvalue weighted by Crippen LogP contribution is -2.20. The lowest BCUT2D eigenvalue weighted by molar-refractivity contribution is -0.274. The van der Waals surface area contributed by atoms with Crippen LogP contribution in [0.15, 0.2) is 22.7 Å². The third-order valence-electron chi connectivity index (χ3n) is 3.42. The fourth-order valence-electron chi connectivity index (χ4n) is 2.56. The number of hydrogen-bond donors (Lipinski definition) is 1. The van der Waals surface area contributed by atoms with E-state index in [9.17, 15) is 13.2 Å². The number of halogens is 5. The van der Waals surface area contributed by atoms with Gasteiger partial charge in [0, 0.05) is 10.5 Å². The molecule has 1 aliphatic rings. The third kappa shape index (κ3) is 4.82. The van der Waals surface area contributed by atoms with Crippen LogP contribution in [0.5, 0.6) is 5.75 Å². The number of alkyl halides is 3. The minimum absolute atomic E-state index is 0. The SMILES string of the molecule is Cl.N[C@@H](c1cc(Br)cc(OC(F)(F)F)c1)C1CCCC1. The van der Waals surface area contributed by atoms with Crippen molar-refractivity contribution in [1.82, 2.24) is 0 Å². The summed E-state index contributed by atoms with van der Waals surface area (Å²) in [7, 11) is 0. The molecule has 0 unspecified atom stereocenters. The summed E-state index contributed by atoms with van der Waals surface area (Å²) in [6, 6.07) is 4.18. The molecule has 2 rings (SSSR count). The van der Waals surface area contributed by atoms with Crippen LogP contribution in [0.2, 0.25) is 0 Å². The highest BCUT2D eigenvalue weighted by Crippen LogP contribution is 2.37. The predicted molar refractivity (Wildman–Crippen MR) is 77.0 cm³/mol. The largest absolute Gasteiger partial charge is 0.573 e. The Morgan fingerprint density at radius 3 is 2.35 bits per heavy atom. The number of nitrogens with two attached hydrogens (primary N) is 1. The summed E-state index contributed by atoms with van der Waals surface area (Å²) in [5.74, 6) is 0.110. The Morgan fingerprint density at radius 2 is 1.80 bits per heavy atom. The number of ether oxygens (including phenoxy) is 1. The molecular weight excluding hydrogens is 359 g/mol. The van der Waals surface area contributed by atoms with Crippen LogP contribution in [0, 0.1) is 5.92 Å². The first kappa shape index (κ1) is 17.6. The topological polar surface area (TPSA) is 35.2 Å². The quantitative estimate of drug-likeness (QED) is 0.811. The van der Waals surface area contributed by atoms with E-state index >= 15 is 0 Å². The van der Waals surface area contributed by atoms with Crippen molar-refractivity contribution in [2.45, 2.75) is 38.1 Å². The van der Waals surface area contributed by atoms with Crippen molar-refractivity contribution in [3.63, 3.8) is 0 Å². The molecule has 1 fully saturated rings. The van der Waals surface area contributed by atoms with Gasteiger partial charge in [0.2, 0.25) is 0 Å². The summed E-state index contributed by atoms with van der Waals surface area (Å²) >= 11 is 3.19. The van der Waals surface area contributed by atoms with Gasteiger partial charge in [-0.15, -0.1) is 25.6 Å². The van der Waals surface area contributed by atoms with E-state index in [-0.39, 0.29) is 24.2 Å². The molecular formula is C13H16BrClF3NO. The highest BCUT2D eigenvalue weighted by atomic mass is 79.9. The van der Waals surface area contributed by atoms with E-state index in [0.717, 1.165) is 25.7 Å². The van der Waals surface area contributed by atoms with Gasteiger partial charge in [-0.1, -0.05) is 28.8 Å². The van der Waals surface area contributed by atoms with Gasteiger partial charge in [-0.2, -0.15) is 0 Å². The van der Waals surface area contributed by atoms with Gasteiger partial charge in [0.25, 0.3) is 0 Å². The van der Waals surface area contributed by atoms with Crippen molar-refractivity contribution in [1.29, 1.82) is 0 Å². The molecule has 1 aliphatic carbocycles. The zero-order valence-corrected chi connectivity index (χ0v) is 13.0. The van der Waals surface area contributed by atoms with Crippen LogP contribution >= 0.6 is 28.3 Å². The van der Waals surface area contributed by atoms with Gasteiger partial charge < -0.3 is 10.5 Å². The first-order valence-corrected chi connectivity index (χ1v) is 6.96. The van der Waals surface area contributed by atoms with Crippen LogP contribution in [0.3, 0.4) is 0 Å². The van der Waals surface area contributed by atoms with Gasteiger partial charge in [-0.3, -0.25) is 0 Å². The second kappa shape index (κ2) is 7.00. The predicted octanol–water partition coefficient (Wildman–Crippen LogP) is 4.96.